The molecular weight excluding hydrogens is 242 g/mol. The first-order valence-corrected chi connectivity index (χ1v) is 7.14. The van der Waals surface area contributed by atoms with Crippen LogP contribution in [0, 0.1) is 11.8 Å². The van der Waals surface area contributed by atoms with Crippen LogP contribution in [0.15, 0.2) is 0 Å². The molecule has 2 unspecified atom stereocenters. The summed E-state index contributed by atoms with van der Waals surface area (Å²) in [5.41, 5.74) is 10.2. The standard InChI is InChI=1S/C14H27N3O2/c1-14(2,9-12(16)18)17-13(19)11-5-3-4-10(8-11)6-7-15/h10-11H,3-9,15H2,1-2H3,(H2,16,18)(H,17,19). The smallest absolute Gasteiger partial charge is 0.223 e. The Morgan fingerprint density at radius 3 is 2.58 bits per heavy atom. The highest BCUT2D eigenvalue weighted by Crippen LogP contribution is 2.31. The Morgan fingerprint density at radius 1 is 1.32 bits per heavy atom. The van der Waals surface area contributed by atoms with E-state index in [0.717, 1.165) is 25.7 Å². The third kappa shape index (κ3) is 5.59. The van der Waals surface area contributed by atoms with Crippen LogP contribution in [0.1, 0.15) is 52.4 Å². The molecule has 110 valence electrons. The minimum atomic E-state index is -0.566. The monoisotopic (exact) mass is 269 g/mol. The van der Waals surface area contributed by atoms with Gasteiger partial charge in [0.15, 0.2) is 0 Å². The molecule has 5 heteroatoms. The minimum Gasteiger partial charge on any atom is -0.370 e. The maximum absolute atomic E-state index is 12.3. The number of nitrogens with one attached hydrogen (secondary N) is 1. The summed E-state index contributed by atoms with van der Waals surface area (Å²) in [5.74, 6) is 0.272. The molecule has 19 heavy (non-hydrogen) atoms. The van der Waals surface area contributed by atoms with Crippen molar-refractivity contribution >= 4 is 11.8 Å². The van der Waals surface area contributed by atoms with Gasteiger partial charge in [0.25, 0.3) is 0 Å². The van der Waals surface area contributed by atoms with Gasteiger partial charge in [-0.3, -0.25) is 9.59 Å². The van der Waals surface area contributed by atoms with Gasteiger partial charge >= 0.3 is 0 Å². The molecule has 0 aromatic heterocycles. The van der Waals surface area contributed by atoms with Crippen LogP contribution in [0.4, 0.5) is 0 Å². The molecule has 2 amide bonds. The van der Waals surface area contributed by atoms with Crippen molar-refractivity contribution in [3.05, 3.63) is 0 Å². The second-order valence-corrected chi connectivity index (χ2v) is 6.32. The van der Waals surface area contributed by atoms with Gasteiger partial charge in [0.2, 0.25) is 11.8 Å². The summed E-state index contributed by atoms with van der Waals surface area (Å²) in [7, 11) is 0. The van der Waals surface area contributed by atoms with Crippen molar-refractivity contribution in [1.82, 2.24) is 5.32 Å². The molecule has 2 atom stereocenters. The summed E-state index contributed by atoms with van der Waals surface area (Å²) in [6, 6.07) is 0. The zero-order chi connectivity index (χ0) is 14.5. The van der Waals surface area contributed by atoms with Gasteiger partial charge in [-0.15, -0.1) is 0 Å². The Balaban J connectivity index is 2.50. The average molecular weight is 269 g/mol. The Kier molecular flexibility index (Phi) is 5.79. The normalized spacial score (nSPS) is 23.9. The van der Waals surface area contributed by atoms with Crippen molar-refractivity contribution in [3.8, 4) is 0 Å². The van der Waals surface area contributed by atoms with E-state index < -0.39 is 11.4 Å². The lowest BCUT2D eigenvalue weighted by Crippen LogP contribution is -2.48. The first kappa shape index (κ1) is 16.0. The number of nitrogens with two attached hydrogens (primary N) is 2. The van der Waals surface area contributed by atoms with E-state index in [1.165, 1.54) is 6.42 Å². The minimum absolute atomic E-state index is 0.0490. The van der Waals surface area contributed by atoms with Crippen molar-refractivity contribution in [2.24, 2.45) is 23.3 Å². The number of rotatable bonds is 6. The van der Waals surface area contributed by atoms with E-state index in [0.29, 0.717) is 12.5 Å². The van der Waals surface area contributed by atoms with Gasteiger partial charge in [-0.1, -0.05) is 12.8 Å². The lowest BCUT2D eigenvalue weighted by Gasteiger charge is -2.32. The van der Waals surface area contributed by atoms with Crippen molar-refractivity contribution < 1.29 is 9.59 Å². The van der Waals surface area contributed by atoms with Crippen LogP contribution in [0.5, 0.6) is 0 Å². The fraction of sp³-hybridized carbons (Fsp3) is 0.857. The summed E-state index contributed by atoms with van der Waals surface area (Å²) in [4.78, 5) is 23.2. The number of primary amides is 1. The Hall–Kier alpha value is -1.10. The van der Waals surface area contributed by atoms with E-state index in [-0.39, 0.29) is 18.2 Å². The zero-order valence-corrected chi connectivity index (χ0v) is 12.1. The second kappa shape index (κ2) is 6.89. The maximum atomic E-state index is 12.3. The Labute approximate surface area is 115 Å². The maximum Gasteiger partial charge on any atom is 0.223 e. The number of hydrogen-bond acceptors (Lipinski definition) is 3. The fourth-order valence-corrected chi connectivity index (χ4v) is 2.94. The summed E-state index contributed by atoms with van der Waals surface area (Å²) >= 11 is 0. The van der Waals surface area contributed by atoms with Crippen molar-refractivity contribution in [1.29, 1.82) is 0 Å². The molecule has 0 aromatic carbocycles. The number of hydrogen-bond donors (Lipinski definition) is 3. The van der Waals surface area contributed by atoms with Gasteiger partial charge in [0, 0.05) is 17.9 Å². The molecule has 0 aromatic rings. The molecule has 0 radical (unpaired) electrons. The molecule has 0 saturated heterocycles. The van der Waals surface area contributed by atoms with E-state index in [1.807, 2.05) is 13.8 Å². The third-order valence-electron chi connectivity index (χ3n) is 3.81. The topological polar surface area (TPSA) is 98.2 Å². The predicted octanol–water partition coefficient (Wildman–Crippen LogP) is 0.912. The van der Waals surface area contributed by atoms with Gasteiger partial charge < -0.3 is 16.8 Å². The van der Waals surface area contributed by atoms with Crippen LogP contribution < -0.4 is 16.8 Å². The molecule has 1 rings (SSSR count). The van der Waals surface area contributed by atoms with E-state index in [2.05, 4.69) is 5.32 Å². The quantitative estimate of drug-likeness (QED) is 0.668. The summed E-state index contributed by atoms with van der Waals surface area (Å²) < 4.78 is 0. The van der Waals surface area contributed by atoms with Crippen molar-refractivity contribution in [2.45, 2.75) is 57.9 Å². The van der Waals surface area contributed by atoms with Crippen LogP contribution in [0.3, 0.4) is 0 Å². The van der Waals surface area contributed by atoms with Crippen LogP contribution in [-0.2, 0) is 9.59 Å². The van der Waals surface area contributed by atoms with E-state index in [1.54, 1.807) is 0 Å². The highest BCUT2D eigenvalue weighted by molar-refractivity contribution is 5.81. The highest BCUT2D eigenvalue weighted by atomic mass is 16.2. The van der Waals surface area contributed by atoms with Crippen LogP contribution in [0.25, 0.3) is 0 Å². The summed E-state index contributed by atoms with van der Waals surface area (Å²) in [6.45, 7) is 4.35. The van der Waals surface area contributed by atoms with Crippen molar-refractivity contribution in [2.75, 3.05) is 6.54 Å². The average Bonchev–Trinajstić information content (AvgIpc) is 2.27. The molecule has 0 bridgehead atoms. The SMILES string of the molecule is CC(C)(CC(N)=O)NC(=O)C1CCCC(CCN)C1. The van der Waals surface area contributed by atoms with Crippen LogP contribution >= 0.6 is 0 Å². The molecule has 5 nitrogen and oxygen atoms in total. The third-order valence-corrected chi connectivity index (χ3v) is 3.81. The molecule has 5 N–H and O–H groups in total. The molecule has 1 aliphatic carbocycles. The number of carbonyl (C=O) groups excluding carboxylic acids is 2. The first-order valence-electron chi connectivity index (χ1n) is 7.14. The van der Waals surface area contributed by atoms with Crippen molar-refractivity contribution in [3.63, 3.8) is 0 Å². The summed E-state index contributed by atoms with van der Waals surface area (Å²) in [6.07, 6.45) is 5.26. The highest BCUT2D eigenvalue weighted by Gasteiger charge is 2.30. The van der Waals surface area contributed by atoms with Crippen LogP contribution in [-0.4, -0.2) is 23.9 Å². The van der Waals surface area contributed by atoms with Gasteiger partial charge in [0.1, 0.15) is 0 Å². The molecule has 1 fully saturated rings. The number of carbonyl (C=O) groups is 2. The van der Waals surface area contributed by atoms with E-state index >= 15 is 0 Å². The fourth-order valence-electron chi connectivity index (χ4n) is 2.94. The molecule has 0 heterocycles. The molecule has 0 spiro atoms. The van der Waals surface area contributed by atoms with Gasteiger partial charge in [-0.2, -0.15) is 0 Å². The Bertz CT molecular complexity index is 327. The molecule has 1 aliphatic rings. The second-order valence-electron chi connectivity index (χ2n) is 6.32. The molecule has 1 saturated carbocycles. The zero-order valence-electron chi connectivity index (χ0n) is 12.1. The van der Waals surface area contributed by atoms with Crippen LogP contribution in [0.2, 0.25) is 0 Å². The summed E-state index contributed by atoms with van der Waals surface area (Å²) in [5, 5.41) is 2.95. The number of amides is 2. The van der Waals surface area contributed by atoms with E-state index in [9.17, 15) is 9.59 Å². The molecule has 0 aliphatic heterocycles. The predicted molar refractivity (Wildman–Crippen MR) is 75.2 cm³/mol. The molecular formula is C14H27N3O2. The lowest BCUT2D eigenvalue weighted by atomic mass is 9.79. The van der Waals surface area contributed by atoms with Gasteiger partial charge in [-0.05, 0) is 45.6 Å². The van der Waals surface area contributed by atoms with Gasteiger partial charge in [-0.25, -0.2) is 0 Å². The lowest BCUT2D eigenvalue weighted by molar-refractivity contribution is -0.128. The van der Waals surface area contributed by atoms with Gasteiger partial charge in [0.05, 0.1) is 0 Å². The largest absolute Gasteiger partial charge is 0.370 e. The Morgan fingerprint density at radius 2 is 2.00 bits per heavy atom. The first-order chi connectivity index (χ1) is 8.84. The van der Waals surface area contributed by atoms with E-state index in [4.69, 9.17) is 11.5 Å².